The second-order valence-electron chi connectivity index (χ2n) is 5.26. The Bertz CT molecular complexity index is 791. The number of anilines is 1. The minimum absolute atomic E-state index is 0.0534. The summed E-state index contributed by atoms with van der Waals surface area (Å²) >= 11 is 12.3. The number of hydrogen-bond acceptors (Lipinski definition) is 3. The van der Waals surface area contributed by atoms with Crippen molar-refractivity contribution in [1.29, 1.82) is 0 Å². The summed E-state index contributed by atoms with van der Waals surface area (Å²) in [7, 11) is 0. The zero-order chi connectivity index (χ0) is 15.3. The van der Waals surface area contributed by atoms with Gasteiger partial charge in [-0.05, 0) is 29.3 Å². The lowest BCUT2D eigenvalue weighted by molar-refractivity contribution is -0.116. The van der Waals surface area contributed by atoms with Crippen molar-refractivity contribution in [3.63, 3.8) is 0 Å². The van der Waals surface area contributed by atoms with E-state index in [1.165, 1.54) is 0 Å². The summed E-state index contributed by atoms with van der Waals surface area (Å²) in [5, 5.41) is 4.00. The SMILES string of the molecule is O=C1C[C@H](c2ccc(Cl)cc2Cl)c2cc3c(cc2N1)OCO3. The molecular weight excluding hydrogens is 325 g/mol. The molecule has 22 heavy (non-hydrogen) atoms. The summed E-state index contributed by atoms with van der Waals surface area (Å²) in [6.45, 7) is 0.193. The molecule has 0 aromatic heterocycles. The van der Waals surface area contributed by atoms with Crippen LogP contribution in [0.4, 0.5) is 5.69 Å². The molecule has 0 fully saturated rings. The molecule has 1 amide bonds. The highest BCUT2D eigenvalue weighted by Gasteiger charge is 2.30. The normalized spacial score (nSPS) is 18.8. The first-order valence-electron chi connectivity index (χ1n) is 6.80. The molecule has 0 radical (unpaired) electrons. The van der Waals surface area contributed by atoms with Gasteiger partial charge in [-0.3, -0.25) is 4.79 Å². The Morgan fingerprint density at radius 1 is 1.05 bits per heavy atom. The van der Waals surface area contributed by atoms with Crippen LogP contribution >= 0.6 is 23.2 Å². The van der Waals surface area contributed by atoms with Gasteiger partial charge in [0, 0.05) is 34.1 Å². The molecule has 0 saturated heterocycles. The predicted molar refractivity (Wildman–Crippen MR) is 84.1 cm³/mol. The Balaban J connectivity index is 1.86. The third kappa shape index (κ3) is 2.19. The number of benzene rings is 2. The molecule has 0 bridgehead atoms. The van der Waals surface area contributed by atoms with Crippen molar-refractivity contribution in [2.45, 2.75) is 12.3 Å². The summed E-state index contributed by atoms with van der Waals surface area (Å²) in [5.74, 6) is 1.14. The fourth-order valence-electron chi connectivity index (χ4n) is 2.91. The largest absolute Gasteiger partial charge is 0.454 e. The molecule has 2 aliphatic heterocycles. The van der Waals surface area contributed by atoms with Crippen molar-refractivity contribution in [2.24, 2.45) is 0 Å². The standard InChI is InChI=1S/C16H11Cl2NO3/c17-8-1-2-9(12(18)3-8)10-5-16(20)19-13-6-15-14(4-11(10)13)21-7-22-15/h1-4,6,10H,5,7H2,(H,19,20)/t10-/m1/s1. The summed E-state index contributed by atoms with van der Waals surface area (Å²) < 4.78 is 10.8. The molecule has 2 aromatic carbocycles. The van der Waals surface area contributed by atoms with Crippen LogP contribution in [-0.4, -0.2) is 12.7 Å². The lowest BCUT2D eigenvalue weighted by atomic mass is 9.84. The van der Waals surface area contributed by atoms with Crippen molar-refractivity contribution in [3.05, 3.63) is 51.5 Å². The molecule has 1 atom stereocenters. The molecular formula is C16H11Cl2NO3. The highest BCUT2D eigenvalue weighted by molar-refractivity contribution is 6.35. The van der Waals surface area contributed by atoms with Crippen LogP contribution in [0.2, 0.25) is 10.0 Å². The number of hydrogen-bond donors (Lipinski definition) is 1. The summed E-state index contributed by atoms with van der Waals surface area (Å²) in [6, 6.07) is 9.04. The van der Waals surface area contributed by atoms with E-state index in [-0.39, 0.29) is 18.6 Å². The van der Waals surface area contributed by atoms with Gasteiger partial charge in [0.15, 0.2) is 11.5 Å². The molecule has 1 N–H and O–H groups in total. The predicted octanol–water partition coefficient (Wildman–Crippen LogP) is 4.20. The molecule has 2 aromatic rings. The van der Waals surface area contributed by atoms with Gasteiger partial charge in [0.25, 0.3) is 0 Å². The van der Waals surface area contributed by atoms with Crippen LogP contribution in [0.25, 0.3) is 0 Å². The number of carbonyl (C=O) groups is 1. The second kappa shape index (κ2) is 5.07. The van der Waals surface area contributed by atoms with Gasteiger partial charge in [-0.1, -0.05) is 29.3 Å². The smallest absolute Gasteiger partial charge is 0.231 e. The first kappa shape index (κ1) is 13.7. The monoisotopic (exact) mass is 335 g/mol. The topological polar surface area (TPSA) is 47.6 Å². The zero-order valence-corrected chi connectivity index (χ0v) is 12.9. The van der Waals surface area contributed by atoms with E-state index in [9.17, 15) is 4.79 Å². The first-order valence-corrected chi connectivity index (χ1v) is 7.56. The van der Waals surface area contributed by atoms with Gasteiger partial charge in [-0.15, -0.1) is 0 Å². The summed E-state index contributed by atoms with van der Waals surface area (Å²) in [6.07, 6.45) is 0.327. The summed E-state index contributed by atoms with van der Waals surface area (Å²) in [4.78, 5) is 12.0. The van der Waals surface area contributed by atoms with Gasteiger partial charge in [-0.2, -0.15) is 0 Å². The molecule has 4 rings (SSSR count). The maximum atomic E-state index is 12.0. The Labute approximate surface area is 136 Å². The summed E-state index contributed by atoms with van der Waals surface area (Å²) in [5.41, 5.74) is 2.57. The van der Waals surface area contributed by atoms with Crippen LogP contribution in [0.5, 0.6) is 11.5 Å². The molecule has 0 aliphatic carbocycles. The van der Waals surface area contributed by atoms with Gasteiger partial charge in [0.05, 0.1) is 0 Å². The van der Waals surface area contributed by atoms with E-state index in [1.54, 1.807) is 18.2 Å². The Hall–Kier alpha value is -1.91. The van der Waals surface area contributed by atoms with Crippen LogP contribution in [0.15, 0.2) is 30.3 Å². The Morgan fingerprint density at radius 3 is 2.59 bits per heavy atom. The molecule has 112 valence electrons. The average molecular weight is 336 g/mol. The zero-order valence-electron chi connectivity index (χ0n) is 11.4. The van der Waals surface area contributed by atoms with E-state index < -0.39 is 0 Å². The fraction of sp³-hybridized carbons (Fsp3) is 0.188. The highest BCUT2D eigenvalue weighted by Crippen LogP contribution is 2.46. The number of rotatable bonds is 1. The van der Waals surface area contributed by atoms with E-state index >= 15 is 0 Å². The molecule has 0 unspecified atom stereocenters. The van der Waals surface area contributed by atoms with E-state index in [2.05, 4.69) is 5.32 Å². The van der Waals surface area contributed by atoms with Crippen molar-refractivity contribution < 1.29 is 14.3 Å². The molecule has 2 aliphatic rings. The molecule has 0 saturated carbocycles. The van der Waals surface area contributed by atoms with Crippen molar-refractivity contribution in [3.8, 4) is 11.5 Å². The maximum Gasteiger partial charge on any atom is 0.231 e. The molecule has 2 heterocycles. The van der Waals surface area contributed by atoms with Gasteiger partial charge >= 0.3 is 0 Å². The number of ether oxygens (including phenoxy) is 2. The van der Waals surface area contributed by atoms with Crippen LogP contribution in [-0.2, 0) is 4.79 Å². The van der Waals surface area contributed by atoms with Crippen LogP contribution < -0.4 is 14.8 Å². The minimum atomic E-state index is -0.136. The Kier molecular flexibility index (Phi) is 3.17. The number of fused-ring (bicyclic) bond motifs is 2. The fourth-order valence-corrected chi connectivity index (χ4v) is 3.45. The van der Waals surface area contributed by atoms with E-state index in [4.69, 9.17) is 32.7 Å². The number of halogens is 2. The van der Waals surface area contributed by atoms with Crippen LogP contribution in [0.1, 0.15) is 23.5 Å². The van der Waals surface area contributed by atoms with Gasteiger partial charge < -0.3 is 14.8 Å². The lowest BCUT2D eigenvalue weighted by Gasteiger charge is -2.27. The van der Waals surface area contributed by atoms with E-state index in [1.807, 2.05) is 12.1 Å². The molecule has 4 nitrogen and oxygen atoms in total. The quantitative estimate of drug-likeness (QED) is 0.849. The maximum absolute atomic E-state index is 12.0. The number of nitrogens with one attached hydrogen (secondary N) is 1. The third-order valence-corrected chi connectivity index (χ3v) is 4.48. The van der Waals surface area contributed by atoms with E-state index in [0.717, 1.165) is 16.8 Å². The highest BCUT2D eigenvalue weighted by atomic mass is 35.5. The van der Waals surface area contributed by atoms with Crippen LogP contribution in [0, 0.1) is 0 Å². The van der Waals surface area contributed by atoms with Crippen molar-refractivity contribution >= 4 is 34.8 Å². The van der Waals surface area contributed by atoms with Crippen LogP contribution in [0.3, 0.4) is 0 Å². The van der Waals surface area contributed by atoms with E-state index in [0.29, 0.717) is 28.0 Å². The van der Waals surface area contributed by atoms with Gasteiger partial charge in [0.2, 0.25) is 12.7 Å². The molecule has 0 spiro atoms. The molecule has 6 heteroatoms. The average Bonchev–Trinajstić information content (AvgIpc) is 2.91. The lowest BCUT2D eigenvalue weighted by Crippen LogP contribution is -2.23. The minimum Gasteiger partial charge on any atom is -0.454 e. The van der Waals surface area contributed by atoms with Crippen molar-refractivity contribution in [1.82, 2.24) is 0 Å². The Morgan fingerprint density at radius 2 is 1.82 bits per heavy atom. The van der Waals surface area contributed by atoms with Gasteiger partial charge in [0.1, 0.15) is 0 Å². The third-order valence-electron chi connectivity index (χ3n) is 3.92. The van der Waals surface area contributed by atoms with Gasteiger partial charge in [-0.25, -0.2) is 0 Å². The number of amides is 1. The first-order chi connectivity index (χ1) is 10.6. The second-order valence-corrected chi connectivity index (χ2v) is 6.11. The van der Waals surface area contributed by atoms with Crippen molar-refractivity contribution in [2.75, 3.05) is 12.1 Å². The number of carbonyl (C=O) groups excluding carboxylic acids is 1.